The molecule has 1 saturated heterocycles. The first kappa shape index (κ1) is 17.8. The molecule has 3 rings (SSSR count). The quantitative estimate of drug-likeness (QED) is 0.828. The number of nitrogens with one attached hydrogen (secondary N) is 1. The van der Waals surface area contributed by atoms with E-state index in [9.17, 15) is 0 Å². The first-order valence-electron chi connectivity index (χ1n) is 8.92. The highest BCUT2D eigenvalue weighted by Crippen LogP contribution is 2.34. The molecular weight excluding hydrogens is 314 g/mol. The number of hydrogen-bond acceptors (Lipinski definition) is 4. The first-order valence-corrected chi connectivity index (χ1v) is 8.92. The van der Waals surface area contributed by atoms with Gasteiger partial charge in [0.25, 0.3) is 0 Å². The maximum Gasteiger partial charge on any atom is 0.161 e. The highest BCUT2D eigenvalue weighted by molar-refractivity contribution is 5.44. The number of methoxy groups -OCH3 is 1. The molecule has 4 nitrogen and oxygen atoms in total. The number of ether oxygens (including phenoxy) is 3. The van der Waals surface area contributed by atoms with Crippen molar-refractivity contribution in [2.45, 2.75) is 31.8 Å². The molecule has 4 heteroatoms. The van der Waals surface area contributed by atoms with Crippen LogP contribution in [-0.2, 0) is 4.74 Å². The van der Waals surface area contributed by atoms with Gasteiger partial charge in [-0.2, -0.15) is 0 Å². The molecule has 0 aliphatic carbocycles. The van der Waals surface area contributed by atoms with E-state index in [0.29, 0.717) is 12.5 Å². The fourth-order valence-corrected chi connectivity index (χ4v) is 3.40. The highest BCUT2D eigenvalue weighted by Gasteiger charge is 2.31. The number of rotatable bonds is 7. The van der Waals surface area contributed by atoms with E-state index < -0.39 is 0 Å². The Balaban J connectivity index is 1.76. The van der Waals surface area contributed by atoms with E-state index in [2.05, 4.69) is 48.6 Å². The average molecular weight is 341 g/mol. The van der Waals surface area contributed by atoms with Crippen LogP contribution in [0.25, 0.3) is 0 Å². The van der Waals surface area contributed by atoms with Crippen LogP contribution in [-0.4, -0.2) is 33.0 Å². The van der Waals surface area contributed by atoms with E-state index in [1.165, 1.54) is 11.1 Å². The van der Waals surface area contributed by atoms with Gasteiger partial charge in [0.05, 0.1) is 26.9 Å². The predicted molar refractivity (Wildman–Crippen MR) is 99.5 cm³/mol. The third-order valence-corrected chi connectivity index (χ3v) is 4.76. The molecule has 0 bridgehead atoms. The van der Waals surface area contributed by atoms with E-state index in [0.717, 1.165) is 24.7 Å². The Kier molecular flexibility index (Phi) is 5.95. The molecule has 1 N–H and O–H groups in total. The second kappa shape index (κ2) is 8.37. The lowest BCUT2D eigenvalue weighted by Crippen LogP contribution is -2.36. The Morgan fingerprint density at radius 1 is 1.12 bits per heavy atom. The highest BCUT2D eigenvalue weighted by atomic mass is 16.5. The molecule has 1 aliphatic rings. The summed E-state index contributed by atoms with van der Waals surface area (Å²) in [6, 6.07) is 17.2. The van der Waals surface area contributed by atoms with Gasteiger partial charge in [-0.05, 0) is 37.1 Å². The molecule has 0 spiro atoms. The van der Waals surface area contributed by atoms with Crippen molar-refractivity contribution in [3.63, 3.8) is 0 Å². The Morgan fingerprint density at radius 2 is 1.92 bits per heavy atom. The van der Waals surface area contributed by atoms with Crippen LogP contribution >= 0.6 is 0 Å². The van der Waals surface area contributed by atoms with Crippen LogP contribution in [0, 0.1) is 0 Å². The lowest BCUT2D eigenvalue weighted by Gasteiger charge is -2.24. The average Bonchev–Trinajstić information content (AvgIpc) is 3.10. The molecule has 1 heterocycles. The van der Waals surface area contributed by atoms with Crippen LogP contribution in [0.3, 0.4) is 0 Å². The molecule has 2 aromatic rings. The van der Waals surface area contributed by atoms with Crippen molar-refractivity contribution in [1.82, 2.24) is 5.32 Å². The Hall–Kier alpha value is -2.04. The van der Waals surface area contributed by atoms with Crippen LogP contribution in [0.15, 0.2) is 48.5 Å². The Bertz CT molecular complexity index is 674. The number of hydrogen-bond donors (Lipinski definition) is 1. The molecule has 0 saturated carbocycles. The summed E-state index contributed by atoms with van der Waals surface area (Å²) in [5.41, 5.74) is 2.51. The molecule has 1 aliphatic heterocycles. The van der Waals surface area contributed by atoms with Gasteiger partial charge in [0, 0.05) is 18.0 Å². The summed E-state index contributed by atoms with van der Waals surface area (Å²) in [7, 11) is 1.67. The second-order valence-corrected chi connectivity index (χ2v) is 6.39. The van der Waals surface area contributed by atoms with Crippen LogP contribution in [0.2, 0.25) is 0 Å². The maximum atomic E-state index is 5.78. The van der Waals surface area contributed by atoms with Crippen LogP contribution in [0.5, 0.6) is 11.5 Å². The summed E-state index contributed by atoms with van der Waals surface area (Å²) in [5.74, 6) is 1.87. The van der Waals surface area contributed by atoms with Gasteiger partial charge in [0.1, 0.15) is 0 Å². The number of benzene rings is 2. The standard InChI is InChI=1S/C21H27NO3/c1-4-25-21-12-17(10-11-20(21)23-3)18-13-24-14-19(18)22-15(2)16-8-6-5-7-9-16/h5-12,15,18-19,22H,4,13-14H2,1-3H3/t15-,18-,19-/m1/s1. The Morgan fingerprint density at radius 3 is 2.64 bits per heavy atom. The summed E-state index contributed by atoms with van der Waals surface area (Å²) in [5, 5.41) is 3.73. The molecule has 0 radical (unpaired) electrons. The maximum absolute atomic E-state index is 5.78. The molecule has 134 valence electrons. The monoisotopic (exact) mass is 341 g/mol. The van der Waals surface area contributed by atoms with Crippen molar-refractivity contribution in [3.05, 3.63) is 59.7 Å². The fraction of sp³-hybridized carbons (Fsp3) is 0.429. The minimum absolute atomic E-state index is 0.276. The molecule has 1 fully saturated rings. The lowest BCUT2D eigenvalue weighted by molar-refractivity contribution is 0.186. The van der Waals surface area contributed by atoms with E-state index >= 15 is 0 Å². The zero-order valence-corrected chi connectivity index (χ0v) is 15.2. The summed E-state index contributed by atoms with van der Waals surface area (Å²) >= 11 is 0. The molecular formula is C21H27NO3. The van der Waals surface area contributed by atoms with E-state index in [1.54, 1.807) is 7.11 Å². The van der Waals surface area contributed by atoms with E-state index in [4.69, 9.17) is 14.2 Å². The first-order chi connectivity index (χ1) is 12.2. The molecule has 2 aromatic carbocycles. The van der Waals surface area contributed by atoms with E-state index in [1.807, 2.05) is 19.1 Å². The van der Waals surface area contributed by atoms with Gasteiger partial charge in [-0.25, -0.2) is 0 Å². The SMILES string of the molecule is CCOc1cc([C@H]2COC[C@H]2N[C@H](C)c2ccccc2)ccc1OC. The minimum atomic E-state index is 0.276. The fourth-order valence-electron chi connectivity index (χ4n) is 3.40. The molecule has 25 heavy (non-hydrogen) atoms. The normalized spacial score (nSPS) is 21.1. The zero-order chi connectivity index (χ0) is 17.6. The topological polar surface area (TPSA) is 39.7 Å². The summed E-state index contributed by atoms with van der Waals surface area (Å²) in [6.07, 6.45) is 0. The molecule has 0 aromatic heterocycles. The van der Waals surface area contributed by atoms with Crippen molar-refractivity contribution >= 4 is 0 Å². The van der Waals surface area contributed by atoms with Crippen molar-refractivity contribution in [2.75, 3.05) is 26.9 Å². The molecule has 0 unspecified atom stereocenters. The second-order valence-electron chi connectivity index (χ2n) is 6.39. The van der Waals surface area contributed by atoms with Gasteiger partial charge in [0.2, 0.25) is 0 Å². The van der Waals surface area contributed by atoms with Crippen LogP contribution < -0.4 is 14.8 Å². The van der Waals surface area contributed by atoms with Gasteiger partial charge < -0.3 is 19.5 Å². The third kappa shape index (κ3) is 4.14. The van der Waals surface area contributed by atoms with E-state index in [-0.39, 0.29) is 12.1 Å². The smallest absolute Gasteiger partial charge is 0.161 e. The third-order valence-electron chi connectivity index (χ3n) is 4.76. The largest absolute Gasteiger partial charge is 0.493 e. The van der Waals surface area contributed by atoms with Crippen molar-refractivity contribution in [2.24, 2.45) is 0 Å². The van der Waals surface area contributed by atoms with Gasteiger partial charge in [0.15, 0.2) is 11.5 Å². The summed E-state index contributed by atoms with van der Waals surface area (Å²) < 4.78 is 16.9. The molecule has 0 amide bonds. The summed E-state index contributed by atoms with van der Waals surface area (Å²) in [4.78, 5) is 0. The van der Waals surface area contributed by atoms with Crippen LogP contribution in [0.4, 0.5) is 0 Å². The molecule has 3 atom stereocenters. The van der Waals surface area contributed by atoms with Crippen molar-refractivity contribution in [1.29, 1.82) is 0 Å². The van der Waals surface area contributed by atoms with Crippen LogP contribution in [0.1, 0.15) is 36.9 Å². The van der Waals surface area contributed by atoms with Gasteiger partial charge >= 0.3 is 0 Å². The van der Waals surface area contributed by atoms with Gasteiger partial charge in [-0.1, -0.05) is 36.4 Å². The summed E-state index contributed by atoms with van der Waals surface area (Å²) in [6.45, 7) is 6.24. The van der Waals surface area contributed by atoms with Crippen molar-refractivity contribution in [3.8, 4) is 11.5 Å². The predicted octanol–water partition coefficient (Wildman–Crippen LogP) is 3.93. The zero-order valence-electron chi connectivity index (χ0n) is 15.2. The Labute approximate surface area is 150 Å². The lowest BCUT2D eigenvalue weighted by atomic mass is 9.93. The van der Waals surface area contributed by atoms with Gasteiger partial charge in [-0.3, -0.25) is 0 Å². The minimum Gasteiger partial charge on any atom is -0.493 e. The van der Waals surface area contributed by atoms with Gasteiger partial charge in [-0.15, -0.1) is 0 Å². The van der Waals surface area contributed by atoms with Crippen molar-refractivity contribution < 1.29 is 14.2 Å².